The van der Waals surface area contributed by atoms with Gasteiger partial charge in [-0.15, -0.1) is 0 Å². The Morgan fingerprint density at radius 1 is 1.12 bits per heavy atom. The minimum atomic E-state index is -3.33. The lowest BCUT2D eigenvalue weighted by Crippen LogP contribution is -2.55. The second-order valence-electron chi connectivity index (χ2n) is 9.37. The first-order chi connectivity index (χ1) is 15.8. The summed E-state index contributed by atoms with van der Waals surface area (Å²) in [6.45, 7) is 2.78. The van der Waals surface area contributed by atoms with E-state index in [9.17, 15) is 26.4 Å². The highest BCUT2D eigenvalue weighted by Gasteiger charge is 2.43. The van der Waals surface area contributed by atoms with Crippen molar-refractivity contribution >= 4 is 21.6 Å². The molecule has 0 saturated carbocycles. The molecule has 0 radical (unpaired) electrons. The van der Waals surface area contributed by atoms with Crippen LogP contribution in [0, 0.1) is 17.5 Å². The van der Waals surface area contributed by atoms with Crippen LogP contribution in [-0.2, 0) is 14.6 Å². The van der Waals surface area contributed by atoms with Gasteiger partial charge in [-0.2, -0.15) is 0 Å². The van der Waals surface area contributed by atoms with Crippen LogP contribution in [0.4, 0.5) is 19.0 Å². The van der Waals surface area contributed by atoms with Gasteiger partial charge in [0.15, 0.2) is 32.8 Å². The van der Waals surface area contributed by atoms with Crippen molar-refractivity contribution in [3.63, 3.8) is 0 Å². The molecule has 1 amide bonds. The third-order valence-corrected chi connectivity index (χ3v) is 7.45. The zero-order chi connectivity index (χ0) is 24.8. The number of piperidine rings is 1. The van der Waals surface area contributed by atoms with E-state index in [4.69, 9.17) is 4.74 Å². The summed E-state index contributed by atoms with van der Waals surface area (Å²) in [5.74, 6) is -4.18. The molecule has 3 heterocycles. The molecule has 2 bridgehead atoms. The Hall–Kier alpha value is -2.82. The number of carbonyl (C=O) groups excluding carboxylic acids is 1. The molecule has 1 aromatic carbocycles. The molecule has 1 unspecified atom stereocenters. The highest BCUT2D eigenvalue weighted by Crippen LogP contribution is 2.39. The van der Waals surface area contributed by atoms with E-state index >= 15 is 0 Å². The minimum absolute atomic E-state index is 0.108. The molecule has 7 nitrogen and oxygen atoms in total. The number of anilines is 1. The van der Waals surface area contributed by atoms with Crippen molar-refractivity contribution in [1.82, 2.24) is 10.3 Å². The molecular formula is C23H26F3N3O4S. The number of halogens is 3. The number of fused-ring (bicyclic) bond motifs is 2. The highest BCUT2D eigenvalue weighted by molar-refractivity contribution is 7.90. The second kappa shape index (κ2) is 8.75. The monoisotopic (exact) mass is 497 g/mol. The Balaban J connectivity index is 1.42. The number of rotatable bonds is 6. The summed E-state index contributed by atoms with van der Waals surface area (Å²) in [7, 11) is -3.33. The first-order valence-electron chi connectivity index (χ1n) is 10.9. The number of aromatic nitrogens is 1. The molecule has 34 heavy (non-hydrogen) atoms. The van der Waals surface area contributed by atoms with Gasteiger partial charge in [0.25, 0.3) is 5.91 Å². The zero-order valence-corrected chi connectivity index (χ0v) is 19.8. The Labute approximate surface area is 196 Å². The van der Waals surface area contributed by atoms with Gasteiger partial charge in [0.1, 0.15) is 11.6 Å². The van der Waals surface area contributed by atoms with Gasteiger partial charge in [0, 0.05) is 42.7 Å². The van der Waals surface area contributed by atoms with Gasteiger partial charge in [-0.05, 0) is 51.7 Å². The Morgan fingerprint density at radius 2 is 1.71 bits per heavy atom. The standard InChI is InChI=1S/C23H26F3N3O4S/c1-23(2,33-21-18(25)8-13(24)9-19(21)26)22(30)28-14-10-15-4-5-16(11-14)29(15)20-7-6-17(12-27-20)34(3,31)32/h6-9,12,14-16H,4-5,10-11H2,1-3H3,(H,28,30)/t14?,15-,16+. The van der Waals surface area contributed by atoms with E-state index in [2.05, 4.69) is 15.2 Å². The van der Waals surface area contributed by atoms with Gasteiger partial charge in [-0.3, -0.25) is 4.79 Å². The topological polar surface area (TPSA) is 88.6 Å². The van der Waals surface area contributed by atoms with Crippen LogP contribution in [-0.4, -0.2) is 49.3 Å². The number of carbonyl (C=O) groups is 1. The van der Waals surface area contributed by atoms with Crippen molar-refractivity contribution in [1.29, 1.82) is 0 Å². The van der Waals surface area contributed by atoms with E-state index in [0.29, 0.717) is 30.8 Å². The second-order valence-corrected chi connectivity index (χ2v) is 11.4. The van der Waals surface area contributed by atoms with Crippen LogP contribution in [0.25, 0.3) is 0 Å². The van der Waals surface area contributed by atoms with Gasteiger partial charge < -0.3 is 15.0 Å². The summed E-state index contributed by atoms with van der Waals surface area (Å²) in [4.78, 5) is 19.6. The first-order valence-corrected chi connectivity index (χ1v) is 12.8. The van der Waals surface area contributed by atoms with Gasteiger partial charge >= 0.3 is 0 Å². The molecule has 2 aromatic rings. The van der Waals surface area contributed by atoms with E-state index < -0.39 is 44.5 Å². The zero-order valence-electron chi connectivity index (χ0n) is 19.0. The smallest absolute Gasteiger partial charge is 0.263 e. The van der Waals surface area contributed by atoms with Crippen molar-refractivity contribution in [2.75, 3.05) is 11.2 Å². The number of nitrogens with zero attached hydrogens (tertiary/aromatic N) is 2. The number of pyridine rings is 1. The fraction of sp³-hybridized carbons (Fsp3) is 0.478. The number of ether oxygens (including phenoxy) is 1. The lowest BCUT2D eigenvalue weighted by Gasteiger charge is -2.40. The number of hydrogen-bond acceptors (Lipinski definition) is 6. The number of benzene rings is 1. The molecule has 11 heteroatoms. The van der Waals surface area contributed by atoms with E-state index in [1.165, 1.54) is 20.0 Å². The van der Waals surface area contributed by atoms with E-state index in [1.807, 2.05) is 0 Å². The maximum Gasteiger partial charge on any atom is 0.263 e. The third-order valence-electron chi connectivity index (χ3n) is 6.35. The minimum Gasteiger partial charge on any atom is -0.472 e. The fourth-order valence-electron chi connectivity index (χ4n) is 4.70. The van der Waals surface area contributed by atoms with Gasteiger partial charge in [0.2, 0.25) is 0 Å². The van der Waals surface area contributed by atoms with Crippen LogP contribution in [0.1, 0.15) is 39.5 Å². The molecule has 184 valence electrons. The quantitative estimate of drug-likeness (QED) is 0.659. The largest absolute Gasteiger partial charge is 0.472 e. The Bertz CT molecular complexity index is 1170. The van der Waals surface area contributed by atoms with Crippen LogP contribution in [0.15, 0.2) is 35.4 Å². The van der Waals surface area contributed by atoms with E-state index in [0.717, 1.165) is 19.1 Å². The first kappa shape index (κ1) is 24.3. The summed E-state index contributed by atoms with van der Waals surface area (Å²) in [6.07, 6.45) is 5.55. The maximum absolute atomic E-state index is 14.0. The maximum atomic E-state index is 14.0. The van der Waals surface area contributed by atoms with Crippen LogP contribution >= 0.6 is 0 Å². The van der Waals surface area contributed by atoms with Crippen molar-refractivity contribution < 1.29 is 31.1 Å². The molecule has 4 rings (SSSR count). The lowest BCUT2D eigenvalue weighted by molar-refractivity contribution is -0.135. The van der Waals surface area contributed by atoms with Gasteiger partial charge in [-0.1, -0.05) is 0 Å². The number of amides is 1. The molecule has 1 aromatic heterocycles. The van der Waals surface area contributed by atoms with Crippen molar-refractivity contribution in [2.24, 2.45) is 0 Å². The lowest BCUT2D eigenvalue weighted by atomic mass is 9.96. The average Bonchev–Trinajstić information content (AvgIpc) is 3.00. The Kier molecular flexibility index (Phi) is 6.26. The molecule has 2 aliphatic rings. The summed E-state index contributed by atoms with van der Waals surface area (Å²) < 4.78 is 69.8. The fourth-order valence-corrected chi connectivity index (χ4v) is 5.26. The molecule has 0 spiro atoms. The molecule has 2 aliphatic heterocycles. The van der Waals surface area contributed by atoms with Gasteiger partial charge in [-0.25, -0.2) is 26.6 Å². The number of sulfone groups is 1. The summed E-state index contributed by atoms with van der Waals surface area (Å²) in [6, 6.07) is 4.27. The summed E-state index contributed by atoms with van der Waals surface area (Å²) in [5.41, 5.74) is -1.60. The van der Waals surface area contributed by atoms with E-state index in [-0.39, 0.29) is 23.0 Å². The van der Waals surface area contributed by atoms with E-state index in [1.54, 1.807) is 12.1 Å². The van der Waals surface area contributed by atoms with Crippen LogP contribution in [0.2, 0.25) is 0 Å². The van der Waals surface area contributed by atoms with Crippen molar-refractivity contribution in [3.05, 3.63) is 47.9 Å². The molecule has 2 saturated heterocycles. The van der Waals surface area contributed by atoms with Crippen LogP contribution in [0.5, 0.6) is 5.75 Å². The summed E-state index contributed by atoms with van der Waals surface area (Å²) >= 11 is 0. The predicted molar refractivity (Wildman–Crippen MR) is 119 cm³/mol. The summed E-state index contributed by atoms with van der Waals surface area (Å²) in [5, 5.41) is 2.92. The molecule has 2 fully saturated rings. The van der Waals surface area contributed by atoms with Crippen molar-refractivity contribution in [3.8, 4) is 5.75 Å². The van der Waals surface area contributed by atoms with Gasteiger partial charge in [0.05, 0.1) is 4.90 Å². The normalized spacial score (nSPS) is 22.5. The number of nitrogens with one attached hydrogen (secondary N) is 1. The third kappa shape index (κ3) is 4.84. The SMILES string of the molecule is CC(C)(Oc1c(F)cc(F)cc1F)C(=O)NC1C[C@H]2CC[C@@H](C1)N2c1ccc(S(C)(=O)=O)cn1. The number of hydrogen-bond donors (Lipinski definition) is 1. The van der Waals surface area contributed by atoms with Crippen molar-refractivity contribution in [2.45, 2.75) is 68.2 Å². The molecule has 3 atom stereocenters. The van der Waals surface area contributed by atoms with Crippen LogP contribution in [0.3, 0.4) is 0 Å². The molecular weight excluding hydrogens is 471 g/mol. The Morgan fingerprint density at radius 3 is 2.21 bits per heavy atom. The van der Waals surface area contributed by atoms with Crippen LogP contribution < -0.4 is 15.0 Å². The average molecular weight is 498 g/mol. The predicted octanol–water partition coefficient (Wildman–Crippen LogP) is 3.38. The molecule has 1 N–H and O–H groups in total. The highest BCUT2D eigenvalue weighted by atomic mass is 32.2. The molecule has 0 aliphatic carbocycles.